The molecule has 0 fully saturated rings. The van der Waals surface area contributed by atoms with Crippen LogP contribution in [0.3, 0.4) is 0 Å². The van der Waals surface area contributed by atoms with Gasteiger partial charge < -0.3 is 19.8 Å². The summed E-state index contributed by atoms with van der Waals surface area (Å²) in [5, 5.41) is 3.87. The van der Waals surface area contributed by atoms with Gasteiger partial charge in [-0.2, -0.15) is 0 Å². The molecule has 1 aromatic heterocycles. The van der Waals surface area contributed by atoms with E-state index in [4.69, 9.17) is 9.47 Å². The molecule has 2 N–H and O–H groups in total. The number of hydrogen-bond donors (Lipinski definition) is 2. The van der Waals surface area contributed by atoms with Gasteiger partial charge in [-0.25, -0.2) is 0 Å². The average molecular weight is 348 g/mol. The number of amides is 1. The predicted molar refractivity (Wildman–Crippen MR) is 101 cm³/mol. The van der Waals surface area contributed by atoms with Crippen LogP contribution in [0, 0.1) is 11.8 Å². The van der Waals surface area contributed by atoms with E-state index < -0.39 is 0 Å². The highest BCUT2D eigenvalue weighted by atomic mass is 16.5. The van der Waals surface area contributed by atoms with Crippen LogP contribution in [0.25, 0.3) is 10.9 Å². The van der Waals surface area contributed by atoms with Crippen LogP contribution < -0.4 is 14.8 Å². The maximum Gasteiger partial charge on any atom is 0.225 e. The van der Waals surface area contributed by atoms with E-state index in [2.05, 4.69) is 22.1 Å². The van der Waals surface area contributed by atoms with Crippen molar-refractivity contribution in [3.8, 4) is 23.3 Å². The Morgan fingerprint density at radius 3 is 2.69 bits per heavy atom. The third-order valence-corrected chi connectivity index (χ3v) is 3.89. The lowest BCUT2D eigenvalue weighted by Crippen LogP contribution is -2.25. The summed E-state index contributed by atoms with van der Waals surface area (Å²) in [5.74, 6) is 7.02. The van der Waals surface area contributed by atoms with Crippen LogP contribution in [0.5, 0.6) is 11.5 Å². The summed E-state index contributed by atoms with van der Waals surface area (Å²) >= 11 is 0. The first-order chi connectivity index (χ1) is 12.8. The first kappa shape index (κ1) is 17.4. The summed E-state index contributed by atoms with van der Waals surface area (Å²) in [6.07, 6.45) is 2.19. The molecule has 2 aromatic carbocycles. The molecule has 0 spiro atoms. The smallest absolute Gasteiger partial charge is 0.225 e. The monoisotopic (exact) mass is 348 g/mol. The number of para-hydroxylation sites is 3. The van der Waals surface area contributed by atoms with Gasteiger partial charge in [-0.15, -0.1) is 0 Å². The Morgan fingerprint density at radius 1 is 1.08 bits per heavy atom. The van der Waals surface area contributed by atoms with Crippen LogP contribution in [-0.4, -0.2) is 31.2 Å². The first-order valence-corrected chi connectivity index (χ1v) is 8.31. The number of nitrogens with one attached hydrogen (secondary N) is 2. The third-order valence-electron chi connectivity index (χ3n) is 3.89. The van der Waals surface area contributed by atoms with Crippen LogP contribution in [0.4, 0.5) is 0 Å². The van der Waals surface area contributed by atoms with Crippen molar-refractivity contribution in [3.05, 3.63) is 60.3 Å². The fraction of sp³-hybridized carbons (Fsp3) is 0.190. The molecule has 5 nitrogen and oxygen atoms in total. The molecule has 5 heteroatoms. The Balaban J connectivity index is 1.44. The highest BCUT2D eigenvalue weighted by molar-refractivity contribution is 5.88. The zero-order valence-corrected chi connectivity index (χ0v) is 14.5. The molecule has 0 atom stereocenters. The molecule has 26 heavy (non-hydrogen) atoms. The Hall–Kier alpha value is -3.39. The van der Waals surface area contributed by atoms with E-state index in [1.807, 2.05) is 54.7 Å². The van der Waals surface area contributed by atoms with Gasteiger partial charge in [0.1, 0.15) is 6.61 Å². The zero-order chi connectivity index (χ0) is 18.2. The number of benzene rings is 2. The summed E-state index contributed by atoms with van der Waals surface area (Å²) in [7, 11) is 1.59. The quantitative estimate of drug-likeness (QED) is 0.673. The largest absolute Gasteiger partial charge is 0.493 e. The van der Waals surface area contributed by atoms with Gasteiger partial charge in [0, 0.05) is 17.1 Å². The number of carbonyl (C=O) groups excluding carboxylic acids is 1. The van der Waals surface area contributed by atoms with Crippen LogP contribution in [-0.2, 0) is 11.2 Å². The van der Waals surface area contributed by atoms with Crippen LogP contribution in [0.1, 0.15) is 5.56 Å². The number of carbonyl (C=O) groups is 1. The number of fused-ring (bicyclic) bond motifs is 1. The standard InChI is InChI=1S/C21H20N2O3/c1-25-19-10-4-5-11-20(19)26-13-7-6-12-22-21(24)14-16-15-23-18-9-3-2-8-17(16)18/h2-5,8-11,15,23H,12-14H2,1H3,(H,22,24). The Bertz CT molecular complexity index is 950. The fourth-order valence-corrected chi connectivity index (χ4v) is 2.62. The second kappa shape index (κ2) is 8.63. The summed E-state index contributed by atoms with van der Waals surface area (Å²) in [6, 6.07) is 15.3. The minimum Gasteiger partial charge on any atom is -0.493 e. The Morgan fingerprint density at radius 2 is 1.85 bits per heavy atom. The summed E-state index contributed by atoms with van der Waals surface area (Å²) < 4.78 is 10.8. The molecule has 1 amide bonds. The van der Waals surface area contributed by atoms with Crippen LogP contribution >= 0.6 is 0 Å². The SMILES string of the molecule is COc1ccccc1OCC#CCNC(=O)Cc1c[nH]c2ccccc12. The maximum absolute atomic E-state index is 12.1. The lowest BCUT2D eigenvalue weighted by molar-refractivity contribution is -0.120. The summed E-state index contributed by atoms with van der Waals surface area (Å²) in [5.41, 5.74) is 2.01. The number of hydrogen-bond acceptors (Lipinski definition) is 3. The van der Waals surface area contributed by atoms with Crippen molar-refractivity contribution >= 4 is 16.8 Å². The molecule has 0 saturated heterocycles. The van der Waals surface area contributed by atoms with E-state index in [-0.39, 0.29) is 19.1 Å². The lowest BCUT2D eigenvalue weighted by atomic mass is 10.1. The minimum absolute atomic E-state index is 0.0605. The normalized spacial score (nSPS) is 10.0. The van der Waals surface area contributed by atoms with Crippen molar-refractivity contribution in [2.45, 2.75) is 6.42 Å². The minimum atomic E-state index is -0.0605. The van der Waals surface area contributed by atoms with E-state index in [1.165, 1.54) is 0 Å². The molecule has 3 rings (SSSR count). The van der Waals surface area contributed by atoms with E-state index >= 15 is 0 Å². The highest BCUT2D eigenvalue weighted by Gasteiger charge is 2.07. The zero-order valence-electron chi connectivity index (χ0n) is 14.5. The van der Waals surface area contributed by atoms with Gasteiger partial charge in [-0.05, 0) is 23.8 Å². The van der Waals surface area contributed by atoms with Crippen molar-refractivity contribution in [1.82, 2.24) is 10.3 Å². The predicted octanol–water partition coefficient (Wildman–Crippen LogP) is 2.92. The third kappa shape index (κ3) is 4.37. The molecule has 0 unspecified atom stereocenters. The number of aromatic nitrogens is 1. The van der Waals surface area contributed by atoms with Crippen LogP contribution in [0.15, 0.2) is 54.7 Å². The van der Waals surface area contributed by atoms with Crippen molar-refractivity contribution in [2.24, 2.45) is 0 Å². The summed E-state index contributed by atoms with van der Waals surface area (Å²) in [6.45, 7) is 0.523. The van der Waals surface area contributed by atoms with E-state index in [9.17, 15) is 4.79 Å². The molecule has 0 aliphatic carbocycles. The Kier molecular flexibility index (Phi) is 5.79. The second-order valence-electron chi connectivity index (χ2n) is 5.61. The fourth-order valence-electron chi connectivity index (χ4n) is 2.62. The summed E-state index contributed by atoms with van der Waals surface area (Å²) in [4.78, 5) is 15.2. The van der Waals surface area contributed by atoms with E-state index in [0.29, 0.717) is 17.9 Å². The van der Waals surface area contributed by atoms with E-state index in [1.54, 1.807) is 7.11 Å². The molecule has 0 saturated carbocycles. The van der Waals surface area contributed by atoms with Gasteiger partial charge >= 0.3 is 0 Å². The van der Waals surface area contributed by atoms with E-state index in [0.717, 1.165) is 16.5 Å². The van der Waals surface area contributed by atoms with Gasteiger partial charge in [-0.3, -0.25) is 4.79 Å². The first-order valence-electron chi connectivity index (χ1n) is 8.31. The molecular weight excluding hydrogens is 328 g/mol. The van der Waals surface area contributed by atoms with Crippen molar-refractivity contribution in [2.75, 3.05) is 20.3 Å². The van der Waals surface area contributed by atoms with Gasteiger partial charge in [0.05, 0.1) is 20.1 Å². The number of ether oxygens (including phenoxy) is 2. The topological polar surface area (TPSA) is 63.4 Å². The van der Waals surface area contributed by atoms with Crippen LogP contribution in [0.2, 0.25) is 0 Å². The molecule has 0 aliphatic rings. The lowest BCUT2D eigenvalue weighted by Gasteiger charge is -2.07. The van der Waals surface area contributed by atoms with Crippen molar-refractivity contribution in [3.63, 3.8) is 0 Å². The van der Waals surface area contributed by atoms with Gasteiger partial charge in [0.25, 0.3) is 0 Å². The molecule has 3 aromatic rings. The maximum atomic E-state index is 12.1. The Labute approximate surface area is 152 Å². The molecule has 132 valence electrons. The number of rotatable bonds is 6. The average Bonchev–Trinajstić information content (AvgIpc) is 3.08. The molecular formula is C21H20N2O3. The second-order valence-corrected chi connectivity index (χ2v) is 5.61. The molecule has 1 heterocycles. The number of H-pyrrole nitrogens is 1. The van der Waals surface area contributed by atoms with Crippen molar-refractivity contribution in [1.29, 1.82) is 0 Å². The molecule has 0 aliphatic heterocycles. The van der Waals surface area contributed by atoms with Crippen molar-refractivity contribution < 1.29 is 14.3 Å². The van der Waals surface area contributed by atoms with Gasteiger partial charge in [0.15, 0.2) is 11.5 Å². The molecule has 0 radical (unpaired) electrons. The van der Waals surface area contributed by atoms with Gasteiger partial charge in [-0.1, -0.05) is 42.2 Å². The molecule has 0 bridgehead atoms. The number of aromatic amines is 1. The van der Waals surface area contributed by atoms with Gasteiger partial charge in [0.2, 0.25) is 5.91 Å². The highest BCUT2D eigenvalue weighted by Crippen LogP contribution is 2.25. The number of methoxy groups -OCH3 is 1.